The van der Waals surface area contributed by atoms with Crippen LogP contribution in [-0.2, 0) is 4.79 Å². The second-order valence-corrected chi connectivity index (χ2v) is 3.86. The average Bonchev–Trinajstić information content (AvgIpc) is 2.83. The third kappa shape index (κ3) is 1.60. The quantitative estimate of drug-likeness (QED) is 0.822. The monoisotopic (exact) mass is 214 g/mol. The smallest absolute Gasteiger partial charge is 0.307 e. The Balaban J connectivity index is 2.23. The molecular formula is C10H8ClFO2. The number of rotatable bonds is 2. The molecule has 1 fully saturated rings. The molecule has 2 nitrogen and oxygen atoms in total. The summed E-state index contributed by atoms with van der Waals surface area (Å²) in [6.45, 7) is 0. The minimum atomic E-state index is -0.810. The molecule has 0 radical (unpaired) electrons. The van der Waals surface area contributed by atoms with Gasteiger partial charge in [-0.3, -0.25) is 4.79 Å². The van der Waals surface area contributed by atoms with Crippen molar-refractivity contribution in [3.63, 3.8) is 0 Å². The van der Waals surface area contributed by atoms with Gasteiger partial charge < -0.3 is 5.11 Å². The van der Waals surface area contributed by atoms with Crippen molar-refractivity contribution >= 4 is 17.6 Å². The van der Waals surface area contributed by atoms with E-state index in [2.05, 4.69) is 0 Å². The minimum Gasteiger partial charge on any atom is -0.481 e. The number of carboxylic acid groups (broad SMARTS) is 1. The van der Waals surface area contributed by atoms with Crippen LogP contribution in [0.15, 0.2) is 18.2 Å². The second kappa shape index (κ2) is 3.24. The predicted molar refractivity (Wildman–Crippen MR) is 49.9 cm³/mol. The summed E-state index contributed by atoms with van der Waals surface area (Å²) in [6, 6.07) is 4.08. The summed E-state index contributed by atoms with van der Waals surface area (Å²) in [5.74, 6) is -1.60. The maximum absolute atomic E-state index is 12.7. The molecule has 0 aromatic heterocycles. The van der Waals surface area contributed by atoms with E-state index in [4.69, 9.17) is 16.7 Å². The zero-order chi connectivity index (χ0) is 10.3. The molecule has 0 spiro atoms. The molecule has 0 bridgehead atoms. The number of aliphatic carboxylic acids is 1. The van der Waals surface area contributed by atoms with Gasteiger partial charge in [0.15, 0.2) is 0 Å². The molecule has 2 unspecified atom stereocenters. The van der Waals surface area contributed by atoms with Gasteiger partial charge in [0, 0.05) is 5.02 Å². The highest BCUT2D eigenvalue weighted by Gasteiger charge is 2.45. The number of hydrogen-bond donors (Lipinski definition) is 1. The number of carbonyl (C=O) groups is 1. The Morgan fingerprint density at radius 2 is 2.29 bits per heavy atom. The van der Waals surface area contributed by atoms with E-state index in [1.165, 1.54) is 12.1 Å². The molecule has 1 aliphatic carbocycles. The van der Waals surface area contributed by atoms with E-state index in [1.807, 2.05) is 0 Å². The Kier molecular flexibility index (Phi) is 2.19. The number of carboxylic acids is 1. The molecule has 14 heavy (non-hydrogen) atoms. The third-order valence-electron chi connectivity index (χ3n) is 2.47. The molecule has 1 N–H and O–H groups in total. The van der Waals surface area contributed by atoms with Crippen LogP contribution in [0, 0.1) is 11.7 Å². The first-order valence-corrected chi connectivity index (χ1v) is 4.65. The molecule has 0 amide bonds. The van der Waals surface area contributed by atoms with Crippen molar-refractivity contribution < 1.29 is 14.3 Å². The van der Waals surface area contributed by atoms with Gasteiger partial charge in [0.2, 0.25) is 0 Å². The van der Waals surface area contributed by atoms with Crippen LogP contribution in [0.5, 0.6) is 0 Å². The maximum atomic E-state index is 12.7. The fraction of sp³-hybridized carbons (Fsp3) is 0.300. The lowest BCUT2D eigenvalue weighted by atomic mass is 10.1. The summed E-state index contributed by atoms with van der Waals surface area (Å²) in [7, 11) is 0. The van der Waals surface area contributed by atoms with Crippen molar-refractivity contribution in [3.05, 3.63) is 34.6 Å². The van der Waals surface area contributed by atoms with Gasteiger partial charge in [0.05, 0.1) is 5.92 Å². The summed E-state index contributed by atoms with van der Waals surface area (Å²) in [4.78, 5) is 10.6. The summed E-state index contributed by atoms with van der Waals surface area (Å²) in [6.07, 6.45) is 0.598. The van der Waals surface area contributed by atoms with Gasteiger partial charge in [-0.15, -0.1) is 0 Å². The molecule has 1 aromatic rings. The summed E-state index contributed by atoms with van der Waals surface area (Å²) < 4.78 is 12.7. The molecule has 0 heterocycles. The first-order chi connectivity index (χ1) is 6.59. The van der Waals surface area contributed by atoms with Gasteiger partial charge in [-0.05, 0) is 30.0 Å². The Bertz CT molecular complexity index is 392. The largest absolute Gasteiger partial charge is 0.481 e. The average molecular weight is 215 g/mol. The molecular weight excluding hydrogens is 207 g/mol. The predicted octanol–water partition coefficient (Wildman–Crippen LogP) is 2.67. The van der Waals surface area contributed by atoms with Crippen LogP contribution in [-0.4, -0.2) is 11.1 Å². The van der Waals surface area contributed by atoms with Crippen molar-refractivity contribution in [1.82, 2.24) is 0 Å². The van der Waals surface area contributed by atoms with E-state index in [1.54, 1.807) is 6.07 Å². The topological polar surface area (TPSA) is 37.3 Å². The van der Waals surface area contributed by atoms with Gasteiger partial charge in [-0.25, -0.2) is 4.39 Å². The molecule has 0 saturated heterocycles. The van der Waals surface area contributed by atoms with E-state index in [9.17, 15) is 9.18 Å². The van der Waals surface area contributed by atoms with E-state index in [0.29, 0.717) is 11.4 Å². The van der Waals surface area contributed by atoms with Crippen molar-refractivity contribution in [2.45, 2.75) is 12.3 Å². The zero-order valence-electron chi connectivity index (χ0n) is 7.21. The van der Waals surface area contributed by atoms with Crippen LogP contribution >= 0.6 is 11.6 Å². The lowest BCUT2D eigenvalue weighted by Gasteiger charge is -2.01. The SMILES string of the molecule is O=C(O)C1CC1c1ccc(F)cc1Cl. The van der Waals surface area contributed by atoms with Crippen LogP contribution in [0.3, 0.4) is 0 Å². The lowest BCUT2D eigenvalue weighted by Crippen LogP contribution is -1.99. The van der Waals surface area contributed by atoms with E-state index >= 15 is 0 Å². The maximum Gasteiger partial charge on any atom is 0.307 e. The van der Waals surface area contributed by atoms with Gasteiger partial charge in [-0.1, -0.05) is 17.7 Å². The minimum absolute atomic E-state index is 0.0411. The van der Waals surface area contributed by atoms with Crippen LogP contribution in [0.25, 0.3) is 0 Å². The van der Waals surface area contributed by atoms with Gasteiger partial charge >= 0.3 is 5.97 Å². The first kappa shape index (κ1) is 9.46. The Hall–Kier alpha value is -1.09. The summed E-state index contributed by atoms with van der Waals surface area (Å²) in [5, 5.41) is 9.03. The third-order valence-corrected chi connectivity index (χ3v) is 2.80. The fourth-order valence-corrected chi connectivity index (χ4v) is 1.92. The van der Waals surface area contributed by atoms with Crippen LogP contribution in [0.2, 0.25) is 5.02 Å². The molecule has 1 aromatic carbocycles. The molecule has 74 valence electrons. The van der Waals surface area contributed by atoms with E-state index < -0.39 is 11.8 Å². The highest BCUT2D eigenvalue weighted by atomic mass is 35.5. The second-order valence-electron chi connectivity index (χ2n) is 3.45. The van der Waals surface area contributed by atoms with Crippen LogP contribution in [0.1, 0.15) is 17.9 Å². The fourth-order valence-electron chi connectivity index (χ4n) is 1.61. The molecule has 0 aliphatic heterocycles. The Morgan fingerprint density at radius 3 is 2.79 bits per heavy atom. The normalized spacial score (nSPS) is 24.7. The molecule has 2 atom stereocenters. The summed E-state index contributed by atoms with van der Waals surface area (Å²) >= 11 is 5.80. The van der Waals surface area contributed by atoms with Crippen LogP contribution in [0.4, 0.5) is 4.39 Å². The molecule has 1 aliphatic rings. The summed E-state index contributed by atoms with van der Waals surface area (Å²) in [5.41, 5.74) is 0.737. The molecule has 2 rings (SSSR count). The number of hydrogen-bond acceptors (Lipinski definition) is 1. The Labute approximate surface area is 85.3 Å². The van der Waals surface area contributed by atoms with Gasteiger partial charge in [0.1, 0.15) is 5.82 Å². The van der Waals surface area contributed by atoms with Crippen molar-refractivity contribution in [2.75, 3.05) is 0 Å². The van der Waals surface area contributed by atoms with Gasteiger partial charge in [-0.2, -0.15) is 0 Å². The van der Waals surface area contributed by atoms with Crippen LogP contribution < -0.4 is 0 Å². The number of benzene rings is 1. The van der Waals surface area contributed by atoms with Crippen molar-refractivity contribution in [1.29, 1.82) is 0 Å². The first-order valence-electron chi connectivity index (χ1n) is 4.27. The zero-order valence-corrected chi connectivity index (χ0v) is 7.96. The number of halogens is 2. The standard InChI is InChI=1S/C10H8ClFO2/c11-9-3-5(12)1-2-6(9)7-4-8(7)10(13)14/h1-3,7-8H,4H2,(H,13,14). The highest BCUT2D eigenvalue weighted by Crippen LogP contribution is 2.49. The van der Waals surface area contributed by atoms with Gasteiger partial charge in [0.25, 0.3) is 0 Å². The Morgan fingerprint density at radius 1 is 1.57 bits per heavy atom. The molecule has 1 saturated carbocycles. The van der Waals surface area contributed by atoms with Crippen molar-refractivity contribution in [3.8, 4) is 0 Å². The molecule has 4 heteroatoms. The van der Waals surface area contributed by atoms with Crippen molar-refractivity contribution in [2.24, 2.45) is 5.92 Å². The van der Waals surface area contributed by atoms with E-state index in [-0.39, 0.29) is 11.8 Å². The van der Waals surface area contributed by atoms with E-state index in [0.717, 1.165) is 5.56 Å². The lowest BCUT2D eigenvalue weighted by molar-refractivity contribution is -0.138. The highest BCUT2D eigenvalue weighted by molar-refractivity contribution is 6.31.